The number of rotatable bonds is 3. The van der Waals surface area contributed by atoms with Gasteiger partial charge in [0.25, 0.3) is 5.91 Å². The first kappa shape index (κ1) is 14.1. The molecule has 0 radical (unpaired) electrons. The number of nitrogens with zero attached hydrogens (tertiary/aromatic N) is 3. The number of hydrogen-bond donors (Lipinski definition) is 0. The van der Waals surface area contributed by atoms with E-state index in [0.29, 0.717) is 17.0 Å². The van der Waals surface area contributed by atoms with Crippen molar-refractivity contribution in [2.45, 2.75) is 32.2 Å². The Kier molecular flexibility index (Phi) is 3.96. The fourth-order valence-electron chi connectivity index (χ4n) is 2.81. The smallest absolute Gasteiger partial charge is 0.267 e. The molecule has 0 N–H and O–H groups in total. The fraction of sp³-hybridized carbons (Fsp3) is 0.400. The molecule has 4 nitrogen and oxygen atoms in total. The Morgan fingerprint density at radius 3 is 3.10 bits per heavy atom. The van der Waals surface area contributed by atoms with Crippen LogP contribution >= 0.6 is 11.5 Å². The van der Waals surface area contributed by atoms with Gasteiger partial charge in [-0.3, -0.25) is 4.79 Å². The number of hydrogen-bond acceptors (Lipinski definition) is 4. The van der Waals surface area contributed by atoms with Crippen LogP contribution in [0.5, 0.6) is 0 Å². The van der Waals surface area contributed by atoms with Crippen LogP contribution in [-0.2, 0) is 6.42 Å². The molecule has 1 atom stereocenters. The van der Waals surface area contributed by atoms with Crippen LogP contribution in [0.15, 0.2) is 24.3 Å². The van der Waals surface area contributed by atoms with Gasteiger partial charge in [0.15, 0.2) is 0 Å². The number of likely N-dealkylation sites (tertiary alicyclic amines) is 1. The highest BCUT2D eigenvalue weighted by Crippen LogP contribution is 2.25. The van der Waals surface area contributed by atoms with Crippen LogP contribution < -0.4 is 0 Å². The molecule has 0 aliphatic carbocycles. The summed E-state index contributed by atoms with van der Waals surface area (Å²) in [4.78, 5) is 15.1. The summed E-state index contributed by atoms with van der Waals surface area (Å²) in [5.41, 5.74) is 1.61. The second-order valence-corrected chi connectivity index (χ2v) is 6.07. The highest BCUT2D eigenvalue weighted by atomic mass is 32.1. The van der Waals surface area contributed by atoms with Crippen molar-refractivity contribution in [3.63, 3.8) is 0 Å². The molecule has 6 heteroatoms. The Balaban J connectivity index is 1.77. The number of benzene rings is 1. The molecule has 0 saturated carbocycles. The van der Waals surface area contributed by atoms with Crippen LogP contribution in [0.3, 0.4) is 0 Å². The molecule has 1 saturated heterocycles. The number of halogens is 1. The average Bonchev–Trinajstić information content (AvgIpc) is 3.07. The predicted molar refractivity (Wildman–Crippen MR) is 78.8 cm³/mol. The predicted octanol–water partition coefficient (Wildman–Crippen LogP) is 2.83. The SMILES string of the molecule is Cc1nnsc1C(=O)N1CCC[C@@H]1Cc1cccc(F)c1. The van der Waals surface area contributed by atoms with Crippen molar-refractivity contribution >= 4 is 17.4 Å². The van der Waals surface area contributed by atoms with Gasteiger partial charge in [-0.2, -0.15) is 0 Å². The van der Waals surface area contributed by atoms with Gasteiger partial charge >= 0.3 is 0 Å². The molecule has 1 amide bonds. The summed E-state index contributed by atoms with van der Waals surface area (Å²) in [6.45, 7) is 2.55. The van der Waals surface area contributed by atoms with Gasteiger partial charge in [0.2, 0.25) is 0 Å². The van der Waals surface area contributed by atoms with E-state index in [9.17, 15) is 9.18 Å². The zero-order valence-electron chi connectivity index (χ0n) is 11.8. The van der Waals surface area contributed by atoms with Crippen LogP contribution in [0.2, 0.25) is 0 Å². The van der Waals surface area contributed by atoms with Crippen molar-refractivity contribution in [3.8, 4) is 0 Å². The average molecular weight is 305 g/mol. The molecule has 1 aromatic carbocycles. The summed E-state index contributed by atoms with van der Waals surface area (Å²) in [6, 6.07) is 6.72. The van der Waals surface area contributed by atoms with E-state index < -0.39 is 0 Å². The lowest BCUT2D eigenvalue weighted by atomic mass is 10.0. The first-order valence-corrected chi connectivity index (χ1v) is 7.77. The van der Waals surface area contributed by atoms with E-state index >= 15 is 0 Å². The van der Waals surface area contributed by atoms with E-state index in [1.807, 2.05) is 11.0 Å². The third-order valence-corrected chi connectivity index (χ3v) is 4.66. The Morgan fingerprint density at radius 2 is 2.38 bits per heavy atom. The maximum absolute atomic E-state index is 13.3. The molecule has 1 aliphatic rings. The zero-order chi connectivity index (χ0) is 14.8. The second kappa shape index (κ2) is 5.89. The quantitative estimate of drug-likeness (QED) is 0.876. The summed E-state index contributed by atoms with van der Waals surface area (Å²) >= 11 is 1.14. The maximum Gasteiger partial charge on any atom is 0.267 e. The van der Waals surface area contributed by atoms with Gasteiger partial charge in [-0.05, 0) is 55.4 Å². The van der Waals surface area contributed by atoms with Crippen LogP contribution in [0.1, 0.15) is 33.8 Å². The molecule has 110 valence electrons. The molecule has 0 spiro atoms. The van der Waals surface area contributed by atoms with Gasteiger partial charge in [0.1, 0.15) is 10.7 Å². The van der Waals surface area contributed by atoms with E-state index in [-0.39, 0.29) is 17.8 Å². The minimum Gasteiger partial charge on any atom is -0.335 e. The van der Waals surface area contributed by atoms with Gasteiger partial charge in [-0.1, -0.05) is 16.6 Å². The number of amides is 1. The molecule has 3 rings (SSSR count). The summed E-state index contributed by atoms with van der Waals surface area (Å²) in [6.07, 6.45) is 2.62. The summed E-state index contributed by atoms with van der Waals surface area (Å²) in [7, 11) is 0. The van der Waals surface area contributed by atoms with E-state index in [0.717, 1.165) is 36.5 Å². The number of aromatic nitrogens is 2. The van der Waals surface area contributed by atoms with Crippen LogP contribution in [0.25, 0.3) is 0 Å². The molecule has 2 heterocycles. The van der Waals surface area contributed by atoms with Crippen molar-refractivity contribution < 1.29 is 9.18 Å². The Bertz CT molecular complexity index is 658. The van der Waals surface area contributed by atoms with E-state index in [2.05, 4.69) is 9.59 Å². The van der Waals surface area contributed by atoms with E-state index in [1.165, 1.54) is 6.07 Å². The summed E-state index contributed by atoms with van der Waals surface area (Å²) < 4.78 is 17.1. The lowest BCUT2D eigenvalue weighted by molar-refractivity contribution is 0.0740. The van der Waals surface area contributed by atoms with Gasteiger partial charge in [-0.25, -0.2) is 4.39 Å². The van der Waals surface area contributed by atoms with Crippen molar-refractivity contribution in [2.24, 2.45) is 0 Å². The van der Waals surface area contributed by atoms with Crippen LogP contribution in [0, 0.1) is 12.7 Å². The Hall–Kier alpha value is -1.82. The summed E-state index contributed by atoms with van der Waals surface area (Å²) in [5, 5.41) is 3.90. The van der Waals surface area contributed by atoms with Gasteiger partial charge in [-0.15, -0.1) is 5.10 Å². The molecule has 1 fully saturated rings. The summed E-state index contributed by atoms with van der Waals surface area (Å²) in [5.74, 6) is -0.229. The monoisotopic (exact) mass is 305 g/mol. The lowest BCUT2D eigenvalue weighted by Gasteiger charge is -2.24. The van der Waals surface area contributed by atoms with Crippen molar-refractivity contribution in [2.75, 3.05) is 6.54 Å². The van der Waals surface area contributed by atoms with E-state index in [4.69, 9.17) is 0 Å². The molecule has 0 unspecified atom stereocenters. The number of carbonyl (C=O) groups is 1. The molecule has 0 bridgehead atoms. The lowest BCUT2D eigenvalue weighted by Crippen LogP contribution is -2.36. The fourth-order valence-corrected chi connectivity index (χ4v) is 3.42. The molecule has 1 aromatic heterocycles. The Labute approximate surface area is 126 Å². The van der Waals surface area contributed by atoms with Crippen LogP contribution in [-0.4, -0.2) is 33.0 Å². The largest absolute Gasteiger partial charge is 0.335 e. The minimum absolute atomic E-state index is 0.00130. The van der Waals surface area contributed by atoms with Crippen LogP contribution in [0.4, 0.5) is 4.39 Å². The second-order valence-electron chi connectivity index (χ2n) is 5.32. The van der Waals surface area contributed by atoms with Crippen molar-refractivity contribution in [1.29, 1.82) is 0 Å². The van der Waals surface area contributed by atoms with Crippen molar-refractivity contribution in [3.05, 3.63) is 46.2 Å². The molecule has 2 aromatic rings. The topological polar surface area (TPSA) is 46.1 Å². The molecular weight excluding hydrogens is 289 g/mol. The highest BCUT2D eigenvalue weighted by Gasteiger charge is 2.31. The standard InChI is InChI=1S/C15H16FN3OS/c1-10-14(21-18-17-10)15(20)19-7-3-6-13(19)9-11-4-2-5-12(16)8-11/h2,4-5,8,13H,3,6-7,9H2,1H3/t13-/m1/s1. The van der Waals surface area contributed by atoms with Crippen molar-refractivity contribution in [1.82, 2.24) is 14.5 Å². The first-order valence-electron chi connectivity index (χ1n) is 6.99. The van der Waals surface area contributed by atoms with Gasteiger partial charge in [0, 0.05) is 12.6 Å². The third kappa shape index (κ3) is 2.95. The molecular formula is C15H16FN3OS. The molecule has 21 heavy (non-hydrogen) atoms. The van der Waals surface area contributed by atoms with Gasteiger partial charge in [0.05, 0.1) is 5.69 Å². The highest BCUT2D eigenvalue weighted by molar-refractivity contribution is 7.07. The first-order chi connectivity index (χ1) is 10.1. The van der Waals surface area contributed by atoms with Gasteiger partial charge < -0.3 is 4.90 Å². The zero-order valence-corrected chi connectivity index (χ0v) is 12.6. The third-order valence-electron chi connectivity index (χ3n) is 3.84. The molecule has 1 aliphatic heterocycles. The normalized spacial score (nSPS) is 18.2. The maximum atomic E-state index is 13.3. The minimum atomic E-state index is -0.231. The van der Waals surface area contributed by atoms with E-state index in [1.54, 1.807) is 19.1 Å². The number of carbonyl (C=O) groups excluding carboxylic acids is 1. The Morgan fingerprint density at radius 1 is 1.52 bits per heavy atom. The number of aryl methyl sites for hydroxylation is 1.